The average Bonchev–Trinajstić information content (AvgIpc) is 3.19. The summed E-state index contributed by atoms with van der Waals surface area (Å²) in [5, 5.41) is 7.12. The van der Waals surface area contributed by atoms with Gasteiger partial charge in [0.15, 0.2) is 0 Å². The number of nitrogens with one attached hydrogen (secondary N) is 1. The van der Waals surface area contributed by atoms with Crippen molar-refractivity contribution < 1.29 is 4.42 Å². The van der Waals surface area contributed by atoms with Crippen molar-refractivity contribution in [2.45, 2.75) is 0 Å². The molecule has 0 spiro atoms. The summed E-state index contributed by atoms with van der Waals surface area (Å²) in [7, 11) is 0. The molecule has 3 aromatic heterocycles. The van der Waals surface area contributed by atoms with Crippen molar-refractivity contribution >= 4 is 33.1 Å². The highest BCUT2D eigenvalue weighted by molar-refractivity contribution is 7.12. The van der Waals surface area contributed by atoms with Crippen LogP contribution in [0.2, 0.25) is 0 Å². The number of benzene rings is 2. The monoisotopic (exact) mass is 389 g/mol. The van der Waals surface area contributed by atoms with Crippen LogP contribution in [0.25, 0.3) is 38.1 Å². The lowest BCUT2D eigenvalue weighted by Gasteiger charge is -2.04. The lowest BCUT2D eigenvalue weighted by molar-refractivity contribution is 0.563. The Balaban J connectivity index is 1.73. The second kappa shape index (κ2) is 6.14. The summed E-state index contributed by atoms with van der Waals surface area (Å²) in [4.78, 5) is 40.4. The van der Waals surface area contributed by atoms with Crippen LogP contribution in [0.1, 0.15) is 0 Å². The van der Waals surface area contributed by atoms with Gasteiger partial charge in [-0.2, -0.15) is 4.68 Å². The third-order valence-electron chi connectivity index (χ3n) is 4.42. The highest BCUT2D eigenvalue weighted by Gasteiger charge is 2.14. The van der Waals surface area contributed by atoms with Gasteiger partial charge in [0.1, 0.15) is 5.58 Å². The molecule has 136 valence electrons. The highest BCUT2D eigenvalue weighted by atomic mass is 32.1. The molecule has 0 aliphatic rings. The Morgan fingerprint density at radius 1 is 0.964 bits per heavy atom. The Morgan fingerprint density at radius 2 is 1.82 bits per heavy atom. The first kappa shape index (κ1) is 16.4. The lowest BCUT2D eigenvalue weighted by Crippen LogP contribution is -2.26. The largest absolute Gasteiger partial charge is 0.422 e. The van der Waals surface area contributed by atoms with E-state index in [1.54, 1.807) is 17.5 Å². The molecule has 5 rings (SSSR count). The van der Waals surface area contributed by atoms with E-state index < -0.39 is 16.7 Å². The normalized spacial score (nSPS) is 11.3. The second-order valence-corrected chi connectivity index (χ2v) is 6.98. The topological polar surface area (TPSA) is 98.0 Å². The van der Waals surface area contributed by atoms with Crippen LogP contribution in [0.5, 0.6) is 0 Å². The molecule has 0 aliphatic heterocycles. The second-order valence-electron chi connectivity index (χ2n) is 6.14. The number of fused-ring (bicyclic) bond motifs is 3. The Bertz CT molecular complexity index is 1540. The molecule has 28 heavy (non-hydrogen) atoms. The van der Waals surface area contributed by atoms with E-state index in [1.807, 2.05) is 30.3 Å². The molecular formula is C20H11N3O4S. The van der Waals surface area contributed by atoms with E-state index >= 15 is 0 Å². The fourth-order valence-electron chi connectivity index (χ4n) is 3.11. The molecule has 0 aliphatic carbocycles. The Kier molecular flexibility index (Phi) is 3.59. The molecule has 0 amide bonds. The first-order valence-corrected chi connectivity index (χ1v) is 9.22. The first-order chi connectivity index (χ1) is 13.6. The van der Waals surface area contributed by atoms with Gasteiger partial charge in [0.25, 0.3) is 11.1 Å². The first-order valence-electron chi connectivity index (χ1n) is 8.34. The maximum Gasteiger partial charge on any atom is 0.345 e. The molecular weight excluding hydrogens is 378 g/mol. The van der Waals surface area contributed by atoms with Crippen LogP contribution >= 0.6 is 11.3 Å². The van der Waals surface area contributed by atoms with Crippen LogP contribution in [0.3, 0.4) is 0 Å². The molecule has 5 aromatic rings. The van der Waals surface area contributed by atoms with Crippen molar-refractivity contribution in [1.82, 2.24) is 14.8 Å². The van der Waals surface area contributed by atoms with Crippen molar-refractivity contribution in [3.63, 3.8) is 0 Å². The van der Waals surface area contributed by atoms with Crippen LogP contribution in [-0.2, 0) is 0 Å². The number of H-pyrrole nitrogens is 1. The van der Waals surface area contributed by atoms with Gasteiger partial charge in [0.2, 0.25) is 5.13 Å². The predicted molar refractivity (Wildman–Crippen MR) is 107 cm³/mol. The highest BCUT2D eigenvalue weighted by Crippen LogP contribution is 2.28. The molecule has 0 radical (unpaired) electrons. The molecule has 1 N–H and O–H groups in total. The number of hydrogen-bond acceptors (Lipinski definition) is 6. The summed E-state index contributed by atoms with van der Waals surface area (Å²) in [5.41, 5.74) is -0.206. The standard InChI is InChI=1S/C20H11N3O4S/c24-17-7-8-18(25)23(22-17)20-21-15(10-28-20)14-9-13-12-4-2-1-3-11(12)5-6-16(13)27-19(14)26/h1-10H,(H,22,24). The summed E-state index contributed by atoms with van der Waals surface area (Å²) in [6, 6.07) is 15.5. The van der Waals surface area contributed by atoms with Gasteiger partial charge in [-0.05, 0) is 22.9 Å². The van der Waals surface area contributed by atoms with Gasteiger partial charge < -0.3 is 4.42 Å². The zero-order valence-electron chi connectivity index (χ0n) is 14.2. The van der Waals surface area contributed by atoms with Gasteiger partial charge in [-0.1, -0.05) is 30.3 Å². The Labute approximate surface area is 160 Å². The summed E-state index contributed by atoms with van der Waals surface area (Å²) in [6.45, 7) is 0. The molecule has 3 heterocycles. The van der Waals surface area contributed by atoms with E-state index in [1.165, 1.54) is 0 Å². The van der Waals surface area contributed by atoms with Crippen molar-refractivity contribution in [3.8, 4) is 16.4 Å². The molecule has 0 unspecified atom stereocenters. The van der Waals surface area contributed by atoms with Gasteiger partial charge in [-0.3, -0.25) is 14.7 Å². The van der Waals surface area contributed by atoms with Crippen molar-refractivity contribution in [3.05, 3.63) is 91.1 Å². The predicted octanol–water partition coefficient (Wildman–Crippen LogP) is 2.91. The van der Waals surface area contributed by atoms with Crippen LogP contribution in [0.4, 0.5) is 0 Å². The van der Waals surface area contributed by atoms with E-state index in [0.717, 1.165) is 44.3 Å². The number of aromatic nitrogens is 3. The van der Waals surface area contributed by atoms with E-state index in [2.05, 4.69) is 10.1 Å². The molecule has 0 atom stereocenters. The maximum absolute atomic E-state index is 12.5. The number of aromatic amines is 1. The zero-order valence-corrected chi connectivity index (χ0v) is 15.0. The summed E-state index contributed by atoms with van der Waals surface area (Å²) < 4.78 is 6.55. The van der Waals surface area contributed by atoms with Crippen LogP contribution in [-0.4, -0.2) is 14.8 Å². The molecule has 0 saturated carbocycles. The van der Waals surface area contributed by atoms with Gasteiger partial charge in [-0.15, -0.1) is 11.3 Å². The van der Waals surface area contributed by atoms with Crippen molar-refractivity contribution in [2.75, 3.05) is 0 Å². The summed E-state index contributed by atoms with van der Waals surface area (Å²) in [5.74, 6) is 0. The molecule has 0 bridgehead atoms. The minimum absolute atomic E-state index is 0.259. The van der Waals surface area contributed by atoms with E-state index in [0.29, 0.717) is 11.3 Å². The van der Waals surface area contributed by atoms with Crippen LogP contribution < -0.4 is 16.7 Å². The average molecular weight is 389 g/mol. The number of hydrogen-bond donors (Lipinski definition) is 1. The fraction of sp³-hybridized carbons (Fsp3) is 0. The van der Waals surface area contributed by atoms with Gasteiger partial charge in [0, 0.05) is 22.9 Å². The molecule has 7 nitrogen and oxygen atoms in total. The minimum Gasteiger partial charge on any atom is -0.422 e. The third-order valence-corrected chi connectivity index (χ3v) is 5.25. The van der Waals surface area contributed by atoms with Crippen LogP contribution in [0, 0.1) is 0 Å². The zero-order chi connectivity index (χ0) is 19.3. The number of thiazole rings is 1. The fourth-order valence-corrected chi connectivity index (χ4v) is 3.90. The maximum atomic E-state index is 12.5. The number of nitrogens with zero attached hydrogens (tertiary/aromatic N) is 2. The minimum atomic E-state index is -0.520. The van der Waals surface area contributed by atoms with Crippen LogP contribution in [0.15, 0.2) is 78.8 Å². The molecule has 0 saturated heterocycles. The van der Waals surface area contributed by atoms with E-state index in [-0.39, 0.29) is 10.7 Å². The lowest BCUT2D eigenvalue weighted by atomic mass is 10.0. The smallest absolute Gasteiger partial charge is 0.345 e. The van der Waals surface area contributed by atoms with Gasteiger partial charge >= 0.3 is 5.63 Å². The van der Waals surface area contributed by atoms with Crippen molar-refractivity contribution in [2.24, 2.45) is 0 Å². The Hall–Kier alpha value is -3.78. The van der Waals surface area contributed by atoms with E-state index in [4.69, 9.17) is 4.42 Å². The molecule has 0 fully saturated rings. The van der Waals surface area contributed by atoms with Gasteiger partial charge in [-0.25, -0.2) is 9.78 Å². The quantitative estimate of drug-likeness (QED) is 0.370. The van der Waals surface area contributed by atoms with Gasteiger partial charge in [0.05, 0.1) is 11.3 Å². The third kappa shape index (κ3) is 2.58. The van der Waals surface area contributed by atoms with Crippen molar-refractivity contribution in [1.29, 1.82) is 0 Å². The summed E-state index contributed by atoms with van der Waals surface area (Å²) >= 11 is 1.14. The molecule has 8 heteroatoms. The Morgan fingerprint density at radius 3 is 2.71 bits per heavy atom. The molecule has 2 aromatic carbocycles. The van der Waals surface area contributed by atoms with E-state index in [9.17, 15) is 14.4 Å². The SMILES string of the molecule is O=c1ccc(=O)n(-c2nc(-c3cc4c(ccc5ccccc54)oc3=O)cs2)[nH]1. The number of rotatable bonds is 2. The summed E-state index contributed by atoms with van der Waals surface area (Å²) in [6.07, 6.45) is 0.